The molecule has 0 saturated carbocycles. The third-order valence-corrected chi connectivity index (χ3v) is 5.58. The van der Waals surface area contributed by atoms with Crippen LogP contribution in [0.5, 0.6) is 0 Å². The molecule has 0 atom stereocenters. The molecule has 2 amide bonds. The number of amides is 2. The molecule has 0 saturated heterocycles. The van der Waals surface area contributed by atoms with Crippen molar-refractivity contribution < 1.29 is 18.4 Å². The fraction of sp³-hybridized carbons (Fsp3) is 0.130. The van der Waals surface area contributed by atoms with Crippen LogP contribution in [0.15, 0.2) is 64.2 Å². The number of benzene rings is 2. The molecule has 0 radical (unpaired) electrons. The van der Waals surface area contributed by atoms with Gasteiger partial charge in [-0.15, -0.1) is 0 Å². The number of aryl methyl sites for hydroxylation is 2. The lowest BCUT2D eigenvalue weighted by Crippen LogP contribution is -2.15. The summed E-state index contributed by atoms with van der Waals surface area (Å²) < 4.78 is 18.7. The van der Waals surface area contributed by atoms with Crippen LogP contribution >= 0.6 is 11.8 Å². The second kappa shape index (κ2) is 9.19. The van der Waals surface area contributed by atoms with Crippen molar-refractivity contribution >= 4 is 46.2 Å². The lowest BCUT2D eigenvalue weighted by atomic mass is 10.2. The fourth-order valence-corrected chi connectivity index (χ4v) is 3.65. The molecule has 7 nitrogen and oxygen atoms in total. The van der Waals surface area contributed by atoms with Gasteiger partial charge in [-0.25, -0.2) is 9.37 Å². The second-order valence-corrected chi connectivity index (χ2v) is 7.92. The second-order valence-electron chi connectivity index (χ2n) is 6.98. The highest BCUT2D eigenvalue weighted by Crippen LogP contribution is 2.31. The van der Waals surface area contributed by atoms with Crippen molar-refractivity contribution in [2.24, 2.45) is 0 Å². The molecule has 0 bridgehead atoms. The maximum atomic E-state index is 13.0. The van der Waals surface area contributed by atoms with Gasteiger partial charge in [0.15, 0.2) is 5.16 Å². The van der Waals surface area contributed by atoms with E-state index in [9.17, 15) is 14.0 Å². The zero-order valence-electron chi connectivity index (χ0n) is 17.3. The summed E-state index contributed by atoms with van der Waals surface area (Å²) in [6, 6.07) is 14.3. The van der Waals surface area contributed by atoms with Gasteiger partial charge >= 0.3 is 0 Å². The number of halogens is 1. The normalized spacial score (nSPS) is 10.8. The molecule has 0 aliphatic heterocycles. The van der Waals surface area contributed by atoms with E-state index in [2.05, 4.69) is 20.6 Å². The molecule has 0 aliphatic rings. The Hall–Kier alpha value is -3.72. The van der Waals surface area contributed by atoms with Gasteiger partial charge in [-0.3, -0.25) is 9.59 Å². The first kappa shape index (κ1) is 21.5. The monoisotopic (exact) mass is 450 g/mol. The van der Waals surface area contributed by atoms with Crippen molar-refractivity contribution in [3.8, 4) is 0 Å². The number of rotatable bonds is 6. The number of thioether (sulfide) groups is 1. The Bertz CT molecular complexity index is 1290. The van der Waals surface area contributed by atoms with Crippen LogP contribution in [0, 0.1) is 19.7 Å². The summed E-state index contributed by atoms with van der Waals surface area (Å²) in [5.41, 5.74) is 2.14. The summed E-state index contributed by atoms with van der Waals surface area (Å²) in [5, 5.41) is 6.41. The molecule has 0 spiro atoms. The van der Waals surface area contributed by atoms with Crippen LogP contribution in [0.1, 0.15) is 21.7 Å². The first-order valence-electron chi connectivity index (χ1n) is 9.73. The number of carbonyl (C=O) groups is 2. The smallest absolute Gasteiger partial charge is 0.256 e. The molecule has 0 aliphatic carbocycles. The van der Waals surface area contributed by atoms with Gasteiger partial charge in [0.1, 0.15) is 17.4 Å². The van der Waals surface area contributed by atoms with Gasteiger partial charge in [-0.1, -0.05) is 30.0 Å². The van der Waals surface area contributed by atoms with E-state index in [0.29, 0.717) is 33.9 Å². The standard InChI is InChI=1S/C23H19FN4O3S/c1-13-14(2)31-22-19(13)20(26-21(30)15-6-4-3-5-7-15)27-23(28-22)32-12-18(29)25-17-10-8-16(24)9-11-17/h3-11H,12H2,1-2H3,(H,25,29)(H,26,27,28,30). The molecule has 2 N–H and O–H groups in total. The molecule has 0 unspecified atom stereocenters. The number of nitrogens with one attached hydrogen (secondary N) is 2. The Morgan fingerprint density at radius 1 is 1.00 bits per heavy atom. The van der Waals surface area contributed by atoms with E-state index in [1.165, 1.54) is 24.3 Å². The van der Waals surface area contributed by atoms with Crippen LogP contribution < -0.4 is 10.6 Å². The molecule has 4 rings (SSSR count). The van der Waals surface area contributed by atoms with E-state index in [1.807, 2.05) is 19.9 Å². The van der Waals surface area contributed by atoms with Crippen LogP contribution in [-0.2, 0) is 4.79 Å². The van der Waals surface area contributed by atoms with E-state index in [-0.39, 0.29) is 28.5 Å². The number of nitrogens with zero attached hydrogens (tertiary/aromatic N) is 2. The Morgan fingerprint density at radius 2 is 1.72 bits per heavy atom. The number of furan rings is 1. The van der Waals surface area contributed by atoms with E-state index in [4.69, 9.17) is 4.42 Å². The average molecular weight is 450 g/mol. The molecule has 2 aromatic carbocycles. The predicted octanol–water partition coefficient (Wildman–Crippen LogP) is 4.96. The summed E-state index contributed by atoms with van der Waals surface area (Å²) in [7, 11) is 0. The van der Waals surface area contributed by atoms with Gasteiger partial charge in [-0.05, 0) is 50.2 Å². The van der Waals surface area contributed by atoms with Crippen molar-refractivity contribution in [2.45, 2.75) is 19.0 Å². The fourth-order valence-electron chi connectivity index (χ4n) is 3.01. The van der Waals surface area contributed by atoms with E-state index < -0.39 is 0 Å². The molecular weight excluding hydrogens is 431 g/mol. The van der Waals surface area contributed by atoms with E-state index in [1.54, 1.807) is 24.3 Å². The van der Waals surface area contributed by atoms with Crippen molar-refractivity contribution in [2.75, 3.05) is 16.4 Å². The van der Waals surface area contributed by atoms with Crippen molar-refractivity contribution in [1.82, 2.24) is 9.97 Å². The SMILES string of the molecule is Cc1oc2nc(SCC(=O)Nc3ccc(F)cc3)nc(NC(=O)c3ccccc3)c2c1C. The topological polar surface area (TPSA) is 97.1 Å². The van der Waals surface area contributed by atoms with Gasteiger partial charge in [0.05, 0.1) is 11.1 Å². The number of carbonyl (C=O) groups excluding carboxylic acids is 2. The zero-order valence-corrected chi connectivity index (χ0v) is 18.1. The Kier molecular flexibility index (Phi) is 6.18. The number of hydrogen-bond acceptors (Lipinski definition) is 6. The summed E-state index contributed by atoms with van der Waals surface area (Å²) in [6.07, 6.45) is 0. The Balaban J connectivity index is 1.55. The highest BCUT2D eigenvalue weighted by molar-refractivity contribution is 7.99. The summed E-state index contributed by atoms with van der Waals surface area (Å²) in [6.45, 7) is 3.68. The van der Waals surface area contributed by atoms with Crippen molar-refractivity contribution in [3.05, 3.63) is 77.3 Å². The quantitative estimate of drug-likeness (QED) is 0.318. The maximum Gasteiger partial charge on any atom is 0.256 e. The highest BCUT2D eigenvalue weighted by atomic mass is 32.2. The minimum absolute atomic E-state index is 0.0215. The summed E-state index contributed by atoms with van der Waals surface area (Å²) >= 11 is 1.10. The molecule has 2 heterocycles. The van der Waals surface area contributed by atoms with Gasteiger partial charge in [-0.2, -0.15) is 4.98 Å². The zero-order chi connectivity index (χ0) is 22.7. The summed E-state index contributed by atoms with van der Waals surface area (Å²) in [4.78, 5) is 33.8. The molecule has 162 valence electrons. The van der Waals surface area contributed by atoms with E-state index >= 15 is 0 Å². The van der Waals surface area contributed by atoms with Gasteiger partial charge < -0.3 is 15.1 Å². The van der Waals surface area contributed by atoms with E-state index in [0.717, 1.165) is 17.3 Å². The molecule has 0 fully saturated rings. The lowest BCUT2D eigenvalue weighted by Gasteiger charge is -2.08. The first-order valence-corrected chi connectivity index (χ1v) is 10.7. The number of fused-ring (bicyclic) bond motifs is 1. The highest BCUT2D eigenvalue weighted by Gasteiger charge is 2.19. The number of anilines is 2. The maximum absolute atomic E-state index is 13.0. The third kappa shape index (κ3) is 4.78. The Labute approximate surface area is 187 Å². The third-order valence-electron chi connectivity index (χ3n) is 4.74. The number of hydrogen-bond donors (Lipinski definition) is 2. The van der Waals surface area contributed by atoms with Gasteiger partial charge in [0.2, 0.25) is 11.6 Å². The van der Waals surface area contributed by atoms with Crippen LogP contribution in [-0.4, -0.2) is 27.5 Å². The molecule has 4 aromatic rings. The minimum Gasteiger partial charge on any atom is -0.443 e. The van der Waals surface area contributed by atoms with Gasteiger partial charge in [0, 0.05) is 16.8 Å². The van der Waals surface area contributed by atoms with Crippen LogP contribution in [0.3, 0.4) is 0 Å². The number of aromatic nitrogens is 2. The first-order chi connectivity index (χ1) is 15.4. The van der Waals surface area contributed by atoms with Crippen LogP contribution in [0.2, 0.25) is 0 Å². The molecule has 2 aromatic heterocycles. The van der Waals surface area contributed by atoms with Crippen molar-refractivity contribution in [3.63, 3.8) is 0 Å². The lowest BCUT2D eigenvalue weighted by molar-refractivity contribution is -0.113. The molecule has 32 heavy (non-hydrogen) atoms. The summed E-state index contributed by atoms with van der Waals surface area (Å²) in [5.74, 6) is 0.0163. The molecule has 9 heteroatoms. The van der Waals surface area contributed by atoms with Gasteiger partial charge in [0.25, 0.3) is 5.91 Å². The average Bonchev–Trinajstić information content (AvgIpc) is 3.08. The minimum atomic E-state index is -0.381. The predicted molar refractivity (Wildman–Crippen MR) is 121 cm³/mol. The van der Waals surface area contributed by atoms with Crippen LogP contribution in [0.25, 0.3) is 11.1 Å². The van der Waals surface area contributed by atoms with Crippen molar-refractivity contribution in [1.29, 1.82) is 0 Å². The Morgan fingerprint density at radius 3 is 2.44 bits per heavy atom. The largest absolute Gasteiger partial charge is 0.443 e. The molecular formula is C23H19FN4O3S. The van der Waals surface area contributed by atoms with Crippen LogP contribution in [0.4, 0.5) is 15.9 Å².